The normalized spacial score (nSPS) is 24.4. The molecule has 18 heavy (non-hydrogen) atoms. The van der Waals surface area contributed by atoms with E-state index in [0.29, 0.717) is 5.92 Å². The van der Waals surface area contributed by atoms with Crippen molar-refractivity contribution in [2.24, 2.45) is 13.0 Å². The van der Waals surface area contributed by atoms with Gasteiger partial charge in [-0.25, -0.2) is 0 Å². The van der Waals surface area contributed by atoms with Crippen LogP contribution in [0.3, 0.4) is 0 Å². The van der Waals surface area contributed by atoms with Crippen molar-refractivity contribution in [2.45, 2.75) is 51.7 Å². The summed E-state index contributed by atoms with van der Waals surface area (Å²) in [6.45, 7) is 3.87. The van der Waals surface area contributed by atoms with Crippen LogP contribution >= 0.6 is 0 Å². The van der Waals surface area contributed by atoms with Crippen LogP contribution in [0.4, 0.5) is 0 Å². The second kappa shape index (κ2) is 6.34. The molecule has 2 N–H and O–H groups in total. The van der Waals surface area contributed by atoms with Gasteiger partial charge >= 0.3 is 0 Å². The molecule has 0 bridgehead atoms. The molecule has 0 radical (unpaired) electrons. The maximum Gasteiger partial charge on any atom is 0.0625 e. The fraction of sp³-hybridized carbons (Fsp3) is 0.786. The molecule has 4 nitrogen and oxygen atoms in total. The quantitative estimate of drug-likeness (QED) is 0.836. The van der Waals surface area contributed by atoms with Gasteiger partial charge in [-0.05, 0) is 31.2 Å². The fourth-order valence-corrected chi connectivity index (χ4v) is 2.72. The van der Waals surface area contributed by atoms with Gasteiger partial charge in [0.05, 0.1) is 17.5 Å². The van der Waals surface area contributed by atoms with Gasteiger partial charge in [0.2, 0.25) is 0 Å². The van der Waals surface area contributed by atoms with Gasteiger partial charge in [0.15, 0.2) is 0 Å². The molecule has 4 heteroatoms. The predicted molar refractivity (Wildman–Crippen MR) is 72.3 cm³/mol. The van der Waals surface area contributed by atoms with Crippen LogP contribution in [0, 0.1) is 5.92 Å². The Morgan fingerprint density at radius 1 is 1.44 bits per heavy atom. The van der Waals surface area contributed by atoms with Crippen molar-refractivity contribution < 1.29 is 5.11 Å². The first-order chi connectivity index (χ1) is 8.70. The average molecular weight is 251 g/mol. The van der Waals surface area contributed by atoms with Crippen molar-refractivity contribution in [3.05, 3.63) is 17.5 Å². The van der Waals surface area contributed by atoms with Gasteiger partial charge in [-0.3, -0.25) is 4.68 Å². The molecule has 0 amide bonds. The van der Waals surface area contributed by atoms with E-state index in [1.165, 1.54) is 18.5 Å². The lowest BCUT2D eigenvalue weighted by Gasteiger charge is -2.27. The third-order valence-corrected chi connectivity index (χ3v) is 3.97. The van der Waals surface area contributed by atoms with Gasteiger partial charge in [0.25, 0.3) is 0 Å². The number of aliphatic hydroxyl groups is 1. The molecule has 1 heterocycles. The molecule has 1 aliphatic carbocycles. The number of nitrogens with zero attached hydrogens (tertiary/aromatic N) is 2. The summed E-state index contributed by atoms with van der Waals surface area (Å²) >= 11 is 0. The largest absolute Gasteiger partial charge is 0.393 e. The molecular formula is C14H25N3O. The summed E-state index contributed by atoms with van der Waals surface area (Å²) in [5, 5.41) is 17.8. The first-order valence-electron chi connectivity index (χ1n) is 7.11. The zero-order chi connectivity index (χ0) is 13.0. The minimum Gasteiger partial charge on any atom is -0.393 e. The number of nitrogens with one attached hydrogen (secondary N) is 1. The van der Waals surface area contributed by atoms with Crippen LogP contribution in [0.1, 0.15) is 44.0 Å². The second-order valence-corrected chi connectivity index (χ2v) is 5.35. The highest BCUT2D eigenvalue weighted by Crippen LogP contribution is 2.23. The minimum absolute atomic E-state index is 0.107. The monoisotopic (exact) mass is 251 g/mol. The molecule has 1 aliphatic rings. The zero-order valence-electron chi connectivity index (χ0n) is 11.5. The summed E-state index contributed by atoms with van der Waals surface area (Å²) in [5.41, 5.74) is 2.36. The van der Waals surface area contributed by atoms with E-state index < -0.39 is 0 Å². The summed E-state index contributed by atoms with van der Waals surface area (Å²) in [4.78, 5) is 0. The van der Waals surface area contributed by atoms with Gasteiger partial charge in [-0.1, -0.05) is 19.8 Å². The van der Waals surface area contributed by atoms with E-state index in [4.69, 9.17) is 0 Å². The number of aryl methyl sites for hydroxylation is 2. The summed E-state index contributed by atoms with van der Waals surface area (Å²) in [6, 6.07) is 2.16. The Bertz CT molecular complexity index is 375. The van der Waals surface area contributed by atoms with E-state index in [-0.39, 0.29) is 6.10 Å². The number of aromatic nitrogens is 2. The topological polar surface area (TPSA) is 50.1 Å². The molecule has 2 unspecified atom stereocenters. The third-order valence-electron chi connectivity index (χ3n) is 3.97. The summed E-state index contributed by atoms with van der Waals surface area (Å²) in [5.74, 6) is 0.428. The van der Waals surface area contributed by atoms with Crippen LogP contribution < -0.4 is 5.32 Å². The molecule has 102 valence electrons. The van der Waals surface area contributed by atoms with Crippen LogP contribution in [0.25, 0.3) is 0 Å². The third kappa shape index (κ3) is 3.33. The Balaban J connectivity index is 1.78. The Kier molecular flexibility index (Phi) is 4.78. The van der Waals surface area contributed by atoms with E-state index in [0.717, 1.165) is 38.0 Å². The van der Waals surface area contributed by atoms with E-state index in [9.17, 15) is 5.11 Å². The maximum atomic E-state index is 9.91. The van der Waals surface area contributed by atoms with Crippen molar-refractivity contribution in [1.82, 2.24) is 15.1 Å². The van der Waals surface area contributed by atoms with Crippen LogP contribution in [0.5, 0.6) is 0 Å². The van der Waals surface area contributed by atoms with Gasteiger partial charge < -0.3 is 10.4 Å². The summed E-state index contributed by atoms with van der Waals surface area (Å²) in [7, 11) is 1.99. The van der Waals surface area contributed by atoms with Crippen molar-refractivity contribution in [3.8, 4) is 0 Å². The standard InChI is InChI=1S/C14H25N3O/c1-3-12-8-13(17(2)16-12)10-15-9-11-6-4-5-7-14(11)18/h8,11,14-15,18H,3-7,9-10H2,1-2H3. The lowest BCUT2D eigenvalue weighted by atomic mass is 9.86. The molecule has 0 aromatic carbocycles. The first-order valence-corrected chi connectivity index (χ1v) is 7.11. The highest BCUT2D eigenvalue weighted by molar-refractivity contribution is 5.09. The van der Waals surface area contributed by atoms with Gasteiger partial charge in [-0.15, -0.1) is 0 Å². The average Bonchev–Trinajstić information content (AvgIpc) is 2.73. The Hall–Kier alpha value is -0.870. The van der Waals surface area contributed by atoms with E-state index in [1.807, 2.05) is 11.7 Å². The van der Waals surface area contributed by atoms with Gasteiger partial charge in [0, 0.05) is 20.1 Å². The molecule has 0 aliphatic heterocycles. The van der Waals surface area contributed by atoms with Gasteiger partial charge in [0.1, 0.15) is 0 Å². The predicted octanol–water partition coefficient (Wildman–Crippen LogP) is 1.62. The highest BCUT2D eigenvalue weighted by Gasteiger charge is 2.22. The molecule has 0 saturated heterocycles. The molecule has 1 aromatic heterocycles. The SMILES string of the molecule is CCc1cc(CNCC2CCCCC2O)n(C)n1. The lowest BCUT2D eigenvalue weighted by molar-refractivity contribution is 0.0694. The van der Waals surface area contributed by atoms with Crippen LogP contribution in [0.2, 0.25) is 0 Å². The number of hydrogen-bond donors (Lipinski definition) is 2. The van der Waals surface area contributed by atoms with E-state index in [2.05, 4.69) is 23.4 Å². The minimum atomic E-state index is -0.107. The highest BCUT2D eigenvalue weighted by atomic mass is 16.3. The van der Waals surface area contributed by atoms with Crippen molar-refractivity contribution in [1.29, 1.82) is 0 Å². The second-order valence-electron chi connectivity index (χ2n) is 5.35. The molecule has 2 atom stereocenters. The Morgan fingerprint density at radius 3 is 2.89 bits per heavy atom. The molecule has 1 saturated carbocycles. The lowest BCUT2D eigenvalue weighted by Crippen LogP contribution is -2.33. The van der Waals surface area contributed by atoms with E-state index in [1.54, 1.807) is 0 Å². The zero-order valence-corrected chi connectivity index (χ0v) is 11.5. The number of rotatable bonds is 5. The van der Waals surface area contributed by atoms with E-state index >= 15 is 0 Å². The van der Waals surface area contributed by atoms with Crippen molar-refractivity contribution in [3.63, 3.8) is 0 Å². The van der Waals surface area contributed by atoms with Crippen LogP contribution in [0.15, 0.2) is 6.07 Å². The smallest absolute Gasteiger partial charge is 0.0625 e. The molecule has 2 rings (SSSR count). The number of aliphatic hydroxyl groups excluding tert-OH is 1. The van der Waals surface area contributed by atoms with Crippen LogP contribution in [-0.4, -0.2) is 27.5 Å². The van der Waals surface area contributed by atoms with Gasteiger partial charge in [-0.2, -0.15) is 5.10 Å². The number of hydrogen-bond acceptors (Lipinski definition) is 3. The first kappa shape index (κ1) is 13.6. The fourth-order valence-electron chi connectivity index (χ4n) is 2.72. The maximum absolute atomic E-state index is 9.91. The van der Waals surface area contributed by atoms with Crippen LogP contribution in [-0.2, 0) is 20.0 Å². The molecule has 0 spiro atoms. The Morgan fingerprint density at radius 2 is 2.22 bits per heavy atom. The molecule has 1 aromatic rings. The Labute approximate surface area is 109 Å². The molecular weight excluding hydrogens is 226 g/mol. The summed E-state index contributed by atoms with van der Waals surface area (Å²) in [6.07, 6.45) is 5.44. The van der Waals surface area contributed by atoms with Crippen molar-refractivity contribution in [2.75, 3.05) is 6.54 Å². The van der Waals surface area contributed by atoms with Crippen molar-refractivity contribution >= 4 is 0 Å². The molecule has 1 fully saturated rings. The summed E-state index contributed by atoms with van der Waals surface area (Å²) < 4.78 is 1.95.